The Bertz CT molecular complexity index is 451. The third-order valence-electron chi connectivity index (χ3n) is 4.52. The van der Waals surface area contributed by atoms with Crippen LogP contribution in [0.5, 0.6) is 0 Å². The molecule has 0 spiro atoms. The van der Waals surface area contributed by atoms with Crippen molar-refractivity contribution in [3.05, 3.63) is 30.3 Å². The van der Waals surface area contributed by atoms with Gasteiger partial charge in [-0.3, -0.25) is 4.90 Å². The fourth-order valence-electron chi connectivity index (χ4n) is 3.35. The molecule has 0 aromatic heterocycles. The molecular formula is C18H28N2O3. The lowest BCUT2D eigenvalue weighted by Crippen LogP contribution is -2.35. The highest BCUT2D eigenvalue weighted by molar-refractivity contribution is 5.43. The number of aliphatic hydroxyl groups excluding tert-OH is 1. The number of rotatable bonds is 8. The molecule has 2 aliphatic rings. The molecule has 2 fully saturated rings. The molecule has 0 aliphatic carbocycles. The van der Waals surface area contributed by atoms with Gasteiger partial charge < -0.3 is 19.9 Å². The summed E-state index contributed by atoms with van der Waals surface area (Å²) in [6.45, 7) is 4.52. The highest BCUT2D eigenvalue weighted by Crippen LogP contribution is 2.16. The zero-order valence-electron chi connectivity index (χ0n) is 13.7. The number of aliphatic hydroxyl groups is 1. The Kier molecular flexibility index (Phi) is 6.28. The number of β-amino-alcohol motifs (C(OH)–C–C–N with tert-alkyl or cyclic N) is 1. The van der Waals surface area contributed by atoms with Gasteiger partial charge in [0.2, 0.25) is 0 Å². The lowest BCUT2D eigenvalue weighted by molar-refractivity contribution is -0.0236. The Hall–Kier alpha value is -1.14. The van der Waals surface area contributed by atoms with E-state index in [0.29, 0.717) is 25.8 Å². The maximum Gasteiger partial charge on any atom is 0.0900 e. The summed E-state index contributed by atoms with van der Waals surface area (Å²) in [5, 5.41) is 13.7. The molecule has 3 rings (SSSR count). The SMILES string of the molecule is O[C@H](COC[C@H]1CCCO1)CN1CC[C@@H](Nc2ccccc2)C1. The normalized spacial score (nSPS) is 26.5. The molecule has 0 amide bonds. The number of ether oxygens (including phenoxy) is 2. The first-order valence-corrected chi connectivity index (χ1v) is 8.71. The van der Waals surface area contributed by atoms with E-state index < -0.39 is 6.10 Å². The molecular weight excluding hydrogens is 292 g/mol. The lowest BCUT2D eigenvalue weighted by Gasteiger charge is -2.21. The first-order valence-electron chi connectivity index (χ1n) is 8.71. The van der Waals surface area contributed by atoms with Crippen LogP contribution in [-0.4, -0.2) is 67.7 Å². The van der Waals surface area contributed by atoms with Crippen molar-refractivity contribution >= 4 is 5.69 Å². The van der Waals surface area contributed by atoms with Gasteiger partial charge in [-0.2, -0.15) is 0 Å². The van der Waals surface area contributed by atoms with Crippen molar-refractivity contribution in [1.82, 2.24) is 4.90 Å². The Balaban J connectivity index is 1.31. The van der Waals surface area contributed by atoms with Crippen molar-refractivity contribution in [2.45, 2.75) is 37.5 Å². The van der Waals surface area contributed by atoms with E-state index in [9.17, 15) is 5.11 Å². The molecule has 0 bridgehead atoms. The van der Waals surface area contributed by atoms with Gasteiger partial charge in [0.05, 0.1) is 25.4 Å². The van der Waals surface area contributed by atoms with Crippen LogP contribution in [0.2, 0.25) is 0 Å². The van der Waals surface area contributed by atoms with Gasteiger partial charge in [0.25, 0.3) is 0 Å². The van der Waals surface area contributed by atoms with E-state index in [0.717, 1.165) is 39.0 Å². The first kappa shape index (κ1) is 16.7. The van der Waals surface area contributed by atoms with Crippen LogP contribution in [-0.2, 0) is 9.47 Å². The molecule has 5 nitrogen and oxygen atoms in total. The maximum absolute atomic E-state index is 10.1. The van der Waals surface area contributed by atoms with Gasteiger partial charge in [0.15, 0.2) is 0 Å². The molecule has 2 aliphatic heterocycles. The quantitative estimate of drug-likeness (QED) is 0.764. The number of benzene rings is 1. The van der Waals surface area contributed by atoms with Gasteiger partial charge in [-0.25, -0.2) is 0 Å². The number of nitrogens with one attached hydrogen (secondary N) is 1. The van der Waals surface area contributed by atoms with Gasteiger partial charge in [-0.05, 0) is 31.4 Å². The van der Waals surface area contributed by atoms with Gasteiger partial charge in [-0.15, -0.1) is 0 Å². The molecule has 128 valence electrons. The molecule has 1 aromatic carbocycles. The maximum atomic E-state index is 10.1. The fourth-order valence-corrected chi connectivity index (χ4v) is 3.35. The van der Waals surface area contributed by atoms with Gasteiger partial charge in [0.1, 0.15) is 0 Å². The van der Waals surface area contributed by atoms with E-state index in [-0.39, 0.29) is 6.10 Å². The monoisotopic (exact) mass is 320 g/mol. The van der Waals surface area contributed by atoms with Crippen molar-refractivity contribution in [1.29, 1.82) is 0 Å². The average Bonchev–Trinajstić information content (AvgIpc) is 3.21. The second-order valence-corrected chi connectivity index (χ2v) is 6.58. The van der Waals surface area contributed by atoms with Crippen molar-refractivity contribution in [3.63, 3.8) is 0 Å². The molecule has 0 unspecified atom stereocenters. The van der Waals surface area contributed by atoms with Crippen LogP contribution in [0, 0.1) is 0 Å². The zero-order chi connectivity index (χ0) is 15.9. The molecule has 2 saturated heterocycles. The minimum Gasteiger partial charge on any atom is -0.389 e. The lowest BCUT2D eigenvalue weighted by atomic mass is 10.2. The van der Waals surface area contributed by atoms with Crippen molar-refractivity contribution in [2.24, 2.45) is 0 Å². The molecule has 5 heteroatoms. The van der Waals surface area contributed by atoms with Crippen LogP contribution < -0.4 is 5.32 Å². The molecule has 1 aromatic rings. The van der Waals surface area contributed by atoms with Crippen molar-refractivity contribution in [3.8, 4) is 0 Å². The summed E-state index contributed by atoms with van der Waals surface area (Å²) in [7, 11) is 0. The van der Waals surface area contributed by atoms with Gasteiger partial charge >= 0.3 is 0 Å². The Morgan fingerprint density at radius 2 is 2.17 bits per heavy atom. The van der Waals surface area contributed by atoms with Crippen LogP contribution in [0.3, 0.4) is 0 Å². The molecule has 0 saturated carbocycles. The van der Waals surface area contributed by atoms with Crippen LogP contribution >= 0.6 is 0 Å². The number of hydrogen-bond donors (Lipinski definition) is 2. The van der Waals surface area contributed by atoms with Crippen LogP contribution in [0.15, 0.2) is 30.3 Å². The number of anilines is 1. The van der Waals surface area contributed by atoms with Crippen molar-refractivity contribution in [2.75, 3.05) is 44.8 Å². The van der Waals surface area contributed by atoms with E-state index in [2.05, 4.69) is 22.3 Å². The minimum absolute atomic E-state index is 0.230. The third kappa shape index (κ3) is 5.46. The van der Waals surface area contributed by atoms with E-state index in [1.165, 1.54) is 5.69 Å². The minimum atomic E-state index is -0.424. The summed E-state index contributed by atoms with van der Waals surface area (Å²) in [5.41, 5.74) is 1.17. The summed E-state index contributed by atoms with van der Waals surface area (Å²) in [6.07, 6.45) is 3.12. The molecule has 23 heavy (non-hydrogen) atoms. The Morgan fingerprint density at radius 3 is 2.96 bits per heavy atom. The van der Waals surface area contributed by atoms with Crippen LogP contribution in [0.1, 0.15) is 19.3 Å². The Labute approximate surface area is 138 Å². The van der Waals surface area contributed by atoms with E-state index in [4.69, 9.17) is 9.47 Å². The van der Waals surface area contributed by atoms with E-state index in [1.807, 2.05) is 18.2 Å². The van der Waals surface area contributed by atoms with E-state index in [1.54, 1.807) is 0 Å². The van der Waals surface area contributed by atoms with E-state index >= 15 is 0 Å². The zero-order valence-corrected chi connectivity index (χ0v) is 13.7. The molecule has 2 heterocycles. The Morgan fingerprint density at radius 1 is 1.30 bits per heavy atom. The summed E-state index contributed by atoms with van der Waals surface area (Å²) < 4.78 is 11.1. The number of nitrogens with zero attached hydrogens (tertiary/aromatic N) is 1. The van der Waals surface area contributed by atoms with Crippen LogP contribution in [0.25, 0.3) is 0 Å². The van der Waals surface area contributed by atoms with Gasteiger partial charge in [-0.1, -0.05) is 18.2 Å². The standard InChI is InChI=1S/C18H28N2O3/c21-17(13-22-14-18-7-4-10-23-18)12-20-9-8-16(11-20)19-15-5-2-1-3-6-15/h1-3,5-6,16-19,21H,4,7-14H2/t16-,17+,18-/m1/s1. The topological polar surface area (TPSA) is 54.0 Å². The highest BCUT2D eigenvalue weighted by Gasteiger charge is 2.24. The number of para-hydroxylation sites is 1. The smallest absolute Gasteiger partial charge is 0.0900 e. The van der Waals surface area contributed by atoms with Crippen molar-refractivity contribution < 1.29 is 14.6 Å². The molecule has 2 N–H and O–H groups in total. The summed E-state index contributed by atoms with van der Waals surface area (Å²) in [6, 6.07) is 10.8. The first-order chi connectivity index (χ1) is 11.3. The predicted octanol–water partition coefficient (Wildman–Crippen LogP) is 1.73. The second kappa shape index (κ2) is 8.64. The molecule has 3 atom stereocenters. The largest absolute Gasteiger partial charge is 0.389 e. The summed E-state index contributed by atoms with van der Waals surface area (Å²) in [5.74, 6) is 0. The second-order valence-electron chi connectivity index (χ2n) is 6.58. The summed E-state index contributed by atoms with van der Waals surface area (Å²) >= 11 is 0. The third-order valence-corrected chi connectivity index (χ3v) is 4.52. The highest BCUT2D eigenvalue weighted by atomic mass is 16.5. The fraction of sp³-hybridized carbons (Fsp3) is 0.667. The average molecular weight is 320 g/mol. The predicted molar refractivity (Wildman–Crippen MR) is 90.7 cm³/mol. The van der Waals surface area contributed by atoms with Crippen LogP contribution in [0.4, 0.5) is 5.69 Å². The molecule has 0 radical (unpaired) electrons. The summed E-state index contributed by atoms with van der Waals surface area (Å²) in [4.78, 5) is 2.31. The van der Waals surface area contributed by atoms with Gasteiger partial charge in [0, 0.05) is 38.0 Å². The number of likely N-dealkylation sites (tertiary alicyclic amines) is 1. The number of hydrogen-bond acceptors (Lipinski definition) is 5.